The Morgan fingerprint density at radius 2 is 0.333 bits per heavy atom. The lowest BCUT2D eigenvalue weighted by molar-refractivity contribution is 0.511. The van der Waals surface area contributed by atoms with Gasteiger partial charge in [-0.25, -0.2) is 19.6 Å². The van der Waals surface area contributed by atoms with E-state index in [0.717, 1.165) is 12.8 Å². The average molecular weight is 589 g/mol. The molecule has 0 atom stereocenters. The van der Waals surface area contributed by atoms with Crippen molar-refractivity contribution >= 4 is 12.2 Å². The van der Waals surface area contributed by atoms with Crippen molar-refractivity contribution in [2.75, 3.05) is 13.1 Å². The van der Waals surface area contributed by atoms with Gasteiger partial charge in [0.15, 0.2) is 0 Å². The van der Waals surface area contributed by atoms with Crippen molar-refractivity contribution in [1.82, 2.24) is 0 Å². The first-order valence-corrected chi connectivity index (χ1v) is 19.0. The monoisotopic (exact) mass is 589 g/mol. The molecule has 0 saturated heterocycles. The molecular weight excluding hydrogens is 516 g/mol. The summed E-state index contributed by atoms with van der Waals surface area (Å²) in [5.41, 5.74) is 0. The van der Waals surface area contributed by atoms with E-state index in [1.807, 2.05) is 0 Å². The van der Waals surface area contributed by atoms with Crippen LogP contribution in [-0.2, 0) is 9.59 Å². The van der Waals surface area contributed by atoms with E-state index in [4.69, 9.17) is 0 Å². The first kappa shape index (κ1) is 40.8. The predicted octanol–water partition coefficient (Wildman–Crippen LogP) is 12.9. The van der Waals surface area contributed by atoms with Gasteiger partial charge in [-0.2, -0.15) is 0 Å². The van der Waals surface area contributed by atoms with Crippen LogP contribution in [0.15, 0.2) is 9.98 Å². The Morgan fingerprint density at radius 3 is 0.452 bits per heavy atom. The molecule has 0 saturated carbocycles. The van der Waals surface area contributed by atoms with E-state index in [-0.39, 0.29) is 0 Å². The van der Waals surface area contributed by atoms with Gasteiger partial charge in [0.05, 0.1) is 13.1 Å². The summed E-state index contributed by atoms with van der Waals surface area (Å²) in [5.74, 6) is 0. The highest BCUT2D eigenvalue weighted by atomic mass is 16.1. The third-order valence-electron chi connectivity index (χ3n) is 8.92. The van der Waals surface area contributed by atoms with E-state index in [2.05, 4.69) is 9.98 Å². The lowest BCUT2D eigenvalue weighted by Crippen LogP contribution is -1.85. The lowest BCUT2D eigenvalue weighted by Gasteiger charge is -2.05. The zero-order valence-corrected chi connectivity index (χ0v) is 28.2. The van der Waals surface area contributed by atoms with Crippen molar-refractivity contribution in [3.05, 3.63) is 0 Å². The van der Waals surface area contributed by atoms with Crippen LogP contribution < -0.4 is 0 Å². The second-order valence-electron chi connectivity index (χ2n) is 13.0. The number of hydrogen-bond acceptors (Lipinski definition) is 4. The molecule has 0 aromatic rings. The standard InChI is InChI=1S/C38H72N2O2/c41-37-39-35-33-31-29-27-25-23-21-19-17-15-13-11-9-7-5-3-1-2-4-6-8-10-12-14-16-18-20-22-24-26-28-30-32-34-36-40-38-42/h1-36H2. The number of unbranched alkanes of at least 4 members (excludes halogenated alkanes) is 33. The predicted molar refractivity (Wildman–Crippen MR) is 183 cm³/mol. The van der Waals surface area contributed by atoms with Crippen molar-refractivity contribution in [2.45, 2.75) is 218 Å². The second-order valence-corrected chi connectivity index (χ2v) is 13.0. The van der Waals surface area contributed by atoms with Gasteiger partial charge in [-0.05, 0) is 12.8 Å². The number of carbonyl (C=O) groups excluding carboxylic acids is 2. The average Bonchev–Trinajstić information content (AvgIpc) is 3.00. The third-order valence-corrected chi connectivity index (χ3v) is 8.92. The van der Waals surface area contributed by atoms with Gasteiger partial charge in [0, 0.05) is 0 Å². The largest absolute Gasteiger partial charge is 0.234 e. The zero-order valence-electron chi connectivity index (χ0n) is 28.2. The molecule has 0 unspecified atom stereocenters. The summed E-state index contributed by atoms with van der Waals surface area (Å²) < 4.78 is 0. The van der Waals surface area contributed by atoms with Crippen molar-refractivity contribution in [1.29, 1.82) is 0 Å². The number of nitrogens with zero attached hydrogens (tertiary/aromatic N) is 2. The molecule has 0 aliphatic heterocycles. The van der Waals surface area contributed by atoms with Crippen molar-refractivity contribution in [2.24, 2.45) is 9.98 Å². The molecule has 42 heavy (non-hydrogen) atoms. The van der Waals surface area contributed by atoms with Gasteiger partial charge in [-0.1, -0.05) is 205 Å². The minimum absolute atomic E-state index is 0.665. The molecule has 0 heterocycles. The summed E-state index contributed by atoms with van der Waals surface area (Å²) in [6, 6.07) is 0. The topological polar surface area (TPSA) is 58.9 Å². The minimum atomic E-state index is 0.665. The molecule has 0 N–H and O–H groups in total. The van der Waals surface area contributed by atoms with Gasteiger partial charge < -0.3 is 0 Å². The van der Waals surface area contributed by atoms with E-state index in [0.29, 0.717) is 13.1 Å². The van der Waals surface area contributed by atoms with E-state index in [9.17, 15) is 9.59 Å². The Kier molecular flexibility index (Phi) is 38.6. The number of aliphatic imine (C=N–C) groups is 2. The molecule has 0 radical (unpaired) electrons. The van der Waals surface area contributed by atoms with Crippen LogP contribution in [0.2, 0.25) is 0 Å². The smallest absolute Gasteiger partial charge is 0.211 e. The van der Waals surface area contributed by atoms with E-state index >= 15 is 0 Å². The van der Waals surface area contributed by atoms with Gasteiger partial charge >= 0.3 is 0 Å². The van der Waals surface area contributed by atoms with Crippen LogP contribution in [0.1, 0.15) is 218 Å². The number of isocyanates is 2. The van der Waals surface area contributed by atoms with Crippen LogP contribution in [0.5, 0.6) is 0 Å². The van der Waals surface area contributed by atoms with Crippen LogP contribution in [0.25, 0.3) is 0 Å². The fourth-order valence-electron chi connectivity index (χ4n) is 6.13. The van der Waals surface area contributed by atoms with Crippen LogP contribution in [0.3, 0.4) is 0 Å². The summed E-state index contributed by atoms with van der Waals surface area (Å²) in [7, 11) is 0. The third kappa shape index (κ3) is 38.8. The maximum Gasteiger partial charge on any atom is 0.234 e. The molecule has 0 aromatic heterocycles. The highest BCUT2D eigenvalue weighted by Crippen LogP contribution is 2.17. The Morgan fingerprint density at radius 1 is 0.214 bits per heavy atom. The van der Waals surface area contributed by atoms with Crippen LogP contribution in [-0.4, -0.2) is 25.2 Å². The molecule has 0 bridgehead atoms. The fraction of sp³-hybridized carbons (Fsp3) is 0.947. The normalized spacial score (nSPS) is 11.0. The fourth-order valence-corrected chi connectivity index (χ4v) is 6.13. The summed E-state index contributed by atoms with van der Waals surface area (Å²) >= 11 is 0. The first-order chi connectivity index (χ1) is 20.9. The first-order valence-electron chi connectivity index (χ1n) is 19.0. The van der Waals surface area contributed by atoms with Crippen LogP contribution in [0, 0.1) is 0 Å². The maximum absolute atomic E-state index is 10.00. The van der Waals surface area contributed by atoms with Crippen molar-refractivity contribution in [3.63, 3.8) is 0 Å². The molecule has 0 aliphatic rings. The number of hydrogen-bond donors (Lipinski definition) is 0. The highest BCUT2D eigenvalue weighted by Gasteiger charge is 1.97. The Balaban J connectivity index is 3.04. The van der Waals surface area contributed by atoms with Gasteiger partial charge in [0.1, 0.15) is 0 Å². The summed E-state index contributed by atoms with van der Waals surface area (Å²) in [6.45, 7) is 1.33. The van der Waals surface area contributed by atoms with Crippen LogP contribution in [0.4, 0.5) is 0 Å². The quantitative estimate of drug-likeness (QED) is 0.0411. The van der Waals surface area contributed by atoms with E-state index < -0.39 is 0 Å². The lowest BCUT2D eigenvalue weighted by atomic mass is 10.0. The maximum atomic E-state index is 10.00. The molecule has 0 aromatic carbocycles. The SMILES string of the molecule is O=C=NCCCCCCCCCCCCCCCCCCCCCCCCCCCCCCCCCCCCN=C=O. The summed E-state index contributed by atoms with van der Waals surface area (Å²) in [6.07, 6.45) is 50.5. The number of rotatable bonds is 37. The molecule has 4 heteroatoms. The second kappa shape index (κ2) is 39.8. The van der Waals surface area contributed by atoms with Gasteiger partial charge in [0.25, 0.3) is 0 Å². The summed E-state index contributed by atoms with van der Waals surface area (Å²) in [4.78, 5) is 27.2. The zero-order chi connectivity index (χ0) is 30.3. The molecule has 246 valence electrons. The molecule has 4 nitrogen and oxygen atoms in total. The molecule has 0 amide bonds. The van der Waals surface area contributed by atoms with E-state index in [1.54, 1.807) is 12.2 Å². The van der Waals surface area contributed by atoms with Crippen molar-refractivity contribution in [3.8, 4) is 0 Å². The Bertz CT molecular complexity index is 544. The molecule has 0 fully saturated rings. The Hall–Kier alpha value is -1.24. The summed E-state index contributed by atoms with van der Waals surface area (Å²) in [5, 5.41) is 0. The Labute approximate surface area is 262 Å². The van der Waals surface area contributed by atoms with Gasteiger partial charge in [-0.15, -0.1) is 0 Å². The van der Waals surface area contributed by atoms with Gasteiger partial charge in [0.2, 0.25) is 12.2 Å². The van der Waals surface area contributed by atoms with Crippen molar-refractivity contribution < 1.29 is 9.59 Å². The highest BCUT2D eigenvalue weighted by molar-refractivity contribution is 5.32. The van der Waals surface area contributed by atoms with E-state index in [1.165, 1.54) is 205 Å². The molecule has 0 rings (SSSR count). The molecule has 0 spiro atoms. The minimum Gasteiger partial charge on any atom is -0.211 e. The van der Waals surface area contributed by atoms with Crippen LogP contribution >= 0.6 is 0 Å². The molecule has 0 aliphatic carbocycles. The van der Waals surface area contributed by atoms with Gasteiger partial charge in [-0.3, -0.25) is 0 Å². The molecular formula is C38H72N2O2.